The first-order valence-electron chi connectivity index (χ1n) is 8.12. The Morgan fingerprint density at radius 1 is 1.04 bits per heavy atom. The lowest BCUT2D eigenvalue weighted by molar-refractivity contribution is 0.242. The normalized spacial score (nSPS) is 11.0. The van der Waals surface area contributed by atoms with Gasteiger partial charge in [-0.2, -0.15) is 0 Å². The molecule has 0 amide bonds. The summed E-state index contributed by atoms with van der Waals surface area (Å²) in [5.41, 5.74) is 0. The van der Waals surface area contributed by atoms with Gasteiger partial charge in [-0.25, -0.2) is 0 Å². The van der Waals surface area contributed by atoms with Crippen LogP contribution in [0.25, 0.3) is 10.8 Å². The lowest BCUT2D eigenvalue weighted by Crippen LogP contribution is -2.05. The van der Waals surface area contributed by atoms with E-state index in [9.17, 15) is 0 Å². The fraction of sp³-hybridized carbons (Fsp3) is 0.474. The number of fused-ring (bicyclic) bond motifs is 1. The number of ether oxygens (including phenoxy) is 3. The Labute approximate surface area is 143 Å². The van der Waals surface area contributed by atoms with Crippen LogP contribution in [0.1, 0.15) is 33.1 Å². The van der Waals surface area contributed by atoms with Crippen molar-refractivity contribution < 1.29 is 14.2 Å². The highest BCUT2D eigenvalue weighted by Crippen LogP contribution is 2.37. The van der Waals surface area contributed by atoms with E-state index in [-0.39, 0.29) is 6.10 Å². The van der Waals surface area contributed by atoms with E-state index in [1.807, 2.05) is 44.2 Å². The Bertz CT molecular complexity index is 625. The average Bonchev–Trinajstić information content (AvgIpc) is 2.53. The van der Waals surface area contributed by atoms with Crippen molar-refractivity contribution >= 4 is 22.4 Å². The first-order chi connectivity index (χ1) is 11.2. The van der Waals surface area contributed by atoms with E-state index >= 15 is 0 Å². The Balaban J connectivity index is 2.16. The molecular formula is C19H25ClO3. The summed E-state index contributed by atoms with van der Waals surface area (Å²) in [6, 6.07) is 10.0. The monoisotopic (exact) mass is 336 g/mol. The molecule has 2 rings (SSSR count). The highest BCUT2D eigenvalue weighted by Gasteiger charge is 2.10. The van der Waals surface area contributed by atoms with Gasteiger partial charge in [0.25, 0.3) is 0 Å². The van der Waals surface area contributed by atoms with Crippen molar-refractivity contribution in [1.82, 2.24) is 0 Å². The van der Waals surface area contributed by atoms with E-state index in [1.54, 1.807) is 7.11 Å². The number of halogens is 1. The van der Waals surface area contributed by atoms with Crippen molar-refractivity contribution in [1.29, 1.82) is 0 Å². The summed E-state index contributed by atoms with van der Waals surface area (Å²) >= 11 is 5.68. The van der Waals surface area contributed by atoms with E-state index in [2.05, 4.69) is 0 Å². The van der Waals surface area contributed by atoms with Crippen molar-refractivity contribution in [2.75, 3.05) is 19.6 Å². The van der Waals surface area contributed by atoms with E-state index in [1.165, 1.54) is 0 Å². The molecule has 0 radical (unpaired) electrons. The summed E-state index contributed by atoms with van der Waals surface area (Å²) in [6.07, 6.45) is 3.26. The molecule has 0 bridgehead atoms. The van der Waals surface area contributed by atoms with Gasteiger partial charge in [-0.3, -0.25) is 0 Å². The van der Waals surface area contributed by atoms with Crippen LogP contribution in [0.4, 0.5) is 0 Å². The first-order valence-corrected chi connectivity index (χ1v) is 8.65. The quantitative estimate of drug-likeness (QED) is 0.452. The van der Waals surface area contributed by atoms with E-state index in [0.717, 1.165) is 47.3 Å². The lowest BCUT2D eigenvalue weighted by atomic mass is 10.1. The van der Waals surface area contributed by atoms with Gasteiger partial charge >= 0.3 is 0 Å². The minimum absolute atomic E-state index is 0.157. The Morgan fingerprint density at radius 3 is 2.57 bits per heavy atom. The van der Waals surface area contributed by atoms with Gasteiger partial charge in [0, 0.05) is 11.3 Å². The Morgan fingerprint density at radius 2 is 1.87 bits per heavy atom. The highest BCUT2D eigenvalue weighted by atomic mass is 35.5. The summed E-state index contributed by atoms with van der Waals surface area (Å²) < 4.78 is 17.2. The molecule has 0 aliphatic heterocycles. The molecule has 0 atom stereocenters. The predicted molar refractivity (Wildman–Crippen MR) is 96.3 cm³/mol. The second kappa shape index (κ2) is 8.88. The Hall–Kier alpha value is -1.61. The molecule has 0 fully saturated rings. The van der Waals surface area contributed by atoms with Crippen LogP contribution in [0, 0.1) is 0 Å². The third-order valence-corrected chi connectivity index (χ3v) is 3.78. The van der Waals surface area contributed by atoms with Crippen LogP contribution >= 0.6 is 11.6 Å². The van der Waals surface area contributed by atoms with Crippen LogP contribution in [-0.2, 0) is 0 Å². The van der Waals surface area contributed by atoms with Gasteiger partial charge in [0.1, 0.15) is 5.75 Å². The maximum atomic E-state index is 5.88. The number of methoxy groups -OCH3 is 1. The molecule has 23 heavy (non-hydrogen) atoms. The van der Waals surface area contributed by atoms with Crippen LogP contribution in [0.3, 0.4) is 0 Å². The number of rotatable bonds is 9. The molecule has 3 nitrogen and oxygen atoms in total. The molecule has 0 saturated heterocycles. The number of benzene rings is 2. The van der Waals surface area contributed by atoms with Crippen LogP contribution in [0.15, 0.2) is 30.3 Å². The lowest BCUT2D eigenvalue weighted by Gasteiger charge is -2.15. The smallest absolute Gasteiger partial charge is 0.168 e. The van der Waals surface area contributed by atoms with E-state index < -0.39 is 0 Å². The molecule has 0 spiro atoms. The average molecular weight is 337 g/mol. The van der Waals surface area contributed by atoms with E-state index in [4.69, 9.17) is 25.8 Å². The second-order valence-electron chi connectivity index (χ2n) is 5.74. The minimum atomic E-state index is 0.157. The molecule has 0 N–H and O–H groups in total. The summed E-state index contributed by atoms with van der Waals surface area (Å²) in [7, 11) is 1.67. The minimum Gasteiger partial charge on any atom is -0.492 e. The first kappa shape index (κ1) is 17.7. The molecular weight excluding hydrogens is 312 g/mol. The number of unbranched alkanes of at least 4 members (excludes halogenated alkanes) is 2. The van der Waals surface area contributed by atoms with Gasteiger partial charge < -0.3 is 14.2 Å². The largest absolute Gasteiger partial charge is 0.492 e. The number of alkyl halides is 1. The molecule has 0 heterocycles. The molecule has 0 aliphatic carbocycles. The molecule has 0 saturated carbocycles. The molecule has 2 aromatic rings. The molecule has 0 aromatic heterocycles. The zero-order valence-electron chi connectivity index (χ0n) is 14.1. The summed E-state index contributed by atoms with van der Waals surface area (Å²) in [5, 5.41) is 2.11. The summed E-state index contributed by atoms with van der Waals surface area (Å²) in [6.45, 7) is 4.71. The third-order valence-electron chi connectivity index (χ3n) is 3.52. The van der Waals surface area contributed by atoms with Gasteiger partial charge in [-0.1, -0.05) is 6.07 Å². The Kier molecular flexibility index (Phi) is 6.85. The van der Waals surface area contributed by atoms with Crippen LogP contribution < -0.4 is 14.2 Å². The molecule has 0 aliphatic rings. The zero-order valence-corrected chi connectivity index (χ0v) is 14.9. The second-order valence-corrected chi connectivity index (χ2v) is 6.12. The van der Waals surface area contributed by atoms with Gasteiger partial charge in [0.2, 0.25) is 0 Å². The van der Waals surface area contributed by atoms with Gasteiger partial charge in [-0.05, 0) is 62.8 Å². The molecule has 2 aromatic carbocycles. The fourth-order valence-electron chi connectivity index (χ4n) is 2.48. The zero-order chi connectivity index (χ0) is 16.7. The van der Waals surface area contributed by atoms with Crippen LogP contribution in [0.2, 0.25) is 0 Å². The standard InChI is InChI=1S/C19H25ClO3/c1-14(2)23-16-8-9-17-15(13-16)7-10-18(19(17)21-3)22-12-6-4-5-11-20/h7-10,13-14H,4-6,11-12H2,1-3H3. The van der Waals surface area contributed by atoms with Crippen LogP contribution in [-0.4, -0.2) is 25.7 Å². The van der Waals surface area contributed by atoms with Crippen molar-refractivity contribution in [2.45, 2.75) is 39.2 Å². The molecule has 0 unspecified atom stereocenters. The summed E-state index contributed by atoms with van der Waals surface area (Å²) in [5.74, 6) is 3.13. The van der Waals surface area contributed by atoms with Crippen molar-refractivity contribution in [3.8, 4) is 17.2 Å². The topological polar surface area (TPSA) is 27.7 Å². The van der Waals surface area contributed by atoms with Crippen molar-refractivity contribution in [3.63, 3.8) is 0 Å². The predicted octanol–water partition coefficient (Wildman–Crippen LogP) is 5.42. The molecule has 4 heteroatoms. The maximum Gasteiger partial charge on any atom is 0.168 e. The SMILES string of the molecule is COc1c(OCCCCCCl)ccc2cc(OC(C)C)ccc12. The number of hydrogen-bond acceptors (Lipinski definition) is 3. The van der Waals surface area contributed by atoms with Gasteiger partial charge in [-0.15, -0.1) is 11.6 Å². The van der Waals surface area contributed by atoms with Gasteiger partial charge in [0.15, 0.2) is 11.5 Å². The maximum absolute atomic E-state index is 5.88. The number of hydrogen-bond donors (Lipinski definition) is 0. The van der Waals surface area contributed by atoms with Gasteiger partial charge in [0.05, 0.1) is 19.8 Å². The van der Waals surface area contributed by atoms with Crippen molar-refractivity contribution in [2.24, 2.45) is 0 Å². The molecule has 126 valence electrons. The fourth-order valence-corrected chi connectivity index (χ4v) is 2.67. The highest BCUT2D eigenvalue weighted by molar-refractivity contribution is 6.17. The van der Waals surface area contributed by atoms with Crippen LogP contribution in [0.5, 0.6) is 17.2 Å². The van der Waals surface area contributed by atoms with Crippen molar-refractivity contribution in [3.05, 3.63) is 30.3 Å². The summed E-state index contributed by atoms with van der Waals surface area (Å²) in [4.78, 5) is 0. The third kappa shape index (κ3) is 4.93. The van der Waals surface area contributed by atoms with E-state index in [0.29, 0.717) is 12.5 Å².